The molecular weight excluding hydrogens is 268 g/mol. The van der Waals surface area contributed by atoms with Crippen LogP contribution in [0, 0.1) is 11.3 Å². The van der Waals surface area contributed by atoms with Gasteiger partial charge in [-0.25, -0.2) is 4.98 Å². The number of halogens is 3. The standard InChI is InChI=1S/C13H9BF3N2O/c15-14(16,17)11-2-1-3-13(7-11)20-9-10-4-5-19-12(6-10)8-18/h1-7H,9H2/q-1. The van der Waals surface area contributed by atoms with Gasteiger partial charge in [-0.3, -0.25) is 0 Å². The molecule has 2 aromatic rings. The van der Waals surface area contributed by atoms with Crippen molar-refractivity contribution in [2.45, 2.75) is 6.61 Å². The zero-order valence-electron chi connectivity index (χ0n) is 10.3. The summed E-state index contributed by atoms with van der Waals surface area (Å²) in [5.41, 5.74) is 0.202. The minimum atomic E-state index is -5.04. The topological polar surface area (TPSA) is 45.9 Å². The molecule has 0 unspecified atom stereocenters. The van der Waals surface area contributed by atoms with Crippen molar-refractivity contribution in [3.63, 3.8) is 0 Å². The molecule has 0 aliphatic carbocycles. The molecule has 7 heteroatoms. The Morgan fingerprint density at radius 1 is 1.20 bits per heavy atom. The van der Waals surface area contributed by atoms with E-state index < -0.39 is 12.4 Å². The normalized spacial score (nSPS) is 10.9. The maximum atomic E-state index is 12.6. The monoisotopic (exact) mass is 277 g/mol. The third-order valence-corrected chi connectivity index (χ3v) is 2.58. The van der Waals surface area contributed by atoms with Crippen molar-refractivity contribution in [3.8, 4) is 11.8 Å². The minimum absolute atomic E-state index is 0.0749. The molecule has 0 saturated heterocycles. The Morgan fingerprint density at radius 2 is 2.00 bits per heavy atom. The molecule has 0 aliphatic heterocycles. The lowest BCUT2D eigenvalue weighted by molar-refractivity contribution is 0.306. The van der Waals surface area contributed by atoms with Crippen LogP contribution in [-0.2, 0) is 6.61 Å². The first-order valence-electron chi connectivity index (χ1n) is 5.77. The minimum Gasteiger partial charge on any atom is -0.489 e. The van der Waals surface area contributed by atoms with Crippen LogP contribution in [0.4, 0.5) is 12.9 Å². The molecule has 0 aliphatic rings. The van der Waals surface area contributed by atoms with E-state index in [1.807, 2.05) is 6.07 Å². The number of benzene rings is 1. The van der Waals surface area contributed by atoms with Crippen molar-refractivity contribution in [1.82, 2.24) is 4.98 Å². The molecule has 2 rings (SSSR count). The van der Waals surface area contributed by atoms with E-state index in [-0.39, 0.29) is 18.1 Å². The highest BCUT2D eigenvalue weighted by Crippen LogP contribution is 2.15. The highest BCUT2D eigenvalue weighted by Gasteiger charge is 2.25. The molecule has 0 N–H and O–H groups in total. The number of pyridine rings is 1. The summed E-state index contributed by atoms with van der Waals surface area (Å²) in [6.07, 6.45) is 1.45. The lowest BCUT2D eigenvalue weighted by Crippen LogP contribution is -2.33. The molecule has 0 amide bonds. The molecule has 102 valence electrons. The second kappa shape index (κ2) is 5.65. The van der Waals surface area contributed by atoms with E-state index in [0.717, 1.165) is 12.1 Å². The van der Waals surface area contributed by atoms with Gasteiger partial charge in [-0.2, -0.15) is 5.26 Å². The van der Waals surface area contributed by atoms with Crippen molar-refractivity contribution in [2.75, 3.05) is 0 Å². The SMILES string of the molecule is N#Cc1cc(COc2cccc([B-](F)(F)F)c2)ccn1. The van der Waals surface area contributed by atoms with Gasteiger partial charge in [0.15, 0.2) is 0 Å². The van der Waals surface area contributed by atoms with Gasteiger partial charge in [0.05, 0.1) is 0 Å². The third-order valence-electron chi connectivity index (χ3n) is 2.58. The molecule has 20 heavy (non-hydrogen) atoms. The molecule has 1 aromatic carbocycles. The second-order valence-electron chi connectivity index (χ2n) is 4.10. The van der Waals surface area contributed by atoms with Crippen molar-refractivity contribution in [3.05, 3.63) is 53.9 Å². The fourth-order valence-corrected chi connectivity index (χ4v) is 1.60. The lowest BCUT2D eigenvalue weighted by Gasteiger charge is -2.16. The molecule has 3 nitrogen and oxygen atoms in total. The molecule has 1 aromatic heterocycles. The van der Waals surface area contributed by atoms with Gasteiger partial charge in [0, 0.05) is 6.20 Å². The van der Waals surface area contributed by atoms with E-state index in [0.29, 0.717) is 5.56 Å². The molecule has 0 bridgehead atoms. The van der Waals surface area contributed by atoms with Gasteiger partial charge in [-0.15, -0.1) is 5.46 Å². The molecule has 0 radical (unpaired) electrons. The summed E-state index contributed by atoms with van der Waals surface area (Å²) in [6, 6.07) is 9.77. The van der Waals surface area contributed by atoms with E-state index in [1.165, 1.54) is 24.4 Å². The number of hydrogen-bond donors (Lipinski definition) is 0. The predicted molar refractivity (Wildman–Crippen MR) is 68.4 cm³/mol. The van der Waals surface area contributed by atoms with Gasteiger partial charge < -0.3 is 17.7 Å². The fourth-order valence-electron chi connectivity index (χ4n) is 1.60. The van der Waals surface area contributed by atoms with Crippen molar-refractivity contribution < 1.29 is 17.7 Å². The van der Waals surface area contributed by atoms with Gasteiger partial charge in [0.25, 0.3) is 0 Å². The van der Waals surface area contributed by atoms with E-state index >= 15 is 0 Å². The van der Waals surface area contributed by atoms with E-state index in [2.05, 4.69) is 4.98 Å². The Kier molecular flexibility index (Phi) is 3.94. The van der Waals surface area contributed by atoms with E-state index in [4.69, 9.17) is 10.00 Å². The van der Waals surface area contributed by atoms with Crippen LogP contribution in [0.15, 0.2) is 42.6 Å². The quantitative estimate of drug-likeness (QED) is 0.807. The van der Waals surface area contributed by atoms with Crippen LogP contribution in [0.2, 0.25) is 0 Å². The Hall–Kier alpha value is -2.49. The number of nitrogens with zero attached hydrogens (tertiary/aromatic N) is 2. The van der Waals surface area contributed by atoms with Crippen LogP contribution >= 0.6 is 0 Å². The maximum absolute atomic E-state index is 12.6. The predicted octanol–water partition coefficient (Wildman–Crippen LogP) is 2.59. The maximum Gasteiger partial charge on any atom is 0.509 e. The summed E-state index contributed by atoms with van der Waals surface area (Å²) in [4.78, 5) is 3.80. The van der Waals surface area contributed by atoms with Crippen LogP contribution in [0.5, 0.6) is 5.75 Å². The number of nitriles is 1. The Labute approximate surface area is 113 Å². The van der Waals surface area contributed by atoms with Crippen LogP contribution < -0.4 is 10.2 Å². The number of hydrogen-bond acceptors (Lipinski definition) is 3. The van der Waals surface area contributed by atoms with Gasteiger partial charge >= 0.3 is 6.98 Å². The van der Waals surface area contributed by atoms with Gasteiger partial charge in [0.1, 0.15) is 24.1 Å². The summed E-state index contributed by atoms with van der Waals surface area (Å²) in [7, 11) is 0. The first-order valence-corrected chi connectivity index (χ1v) is 5.77. The summed E-state index contributed by atoms with van der Waals surface area (Å²) in [6.45, 7) is -4.96. The molecular formula is C13H9BF3N2O-. The molecule has 0 spiro atoms. The van der Waals surface area contributed by atoms with Crippen LogP contribution in [0.1, 0.15) is 11.3 Å². The second-order valence-corrected chi connectivity index (χ2v) is 4.10. The summed E-state index contributed by atoms with van der Waals surface area (Å²) >= 11 is 0. The Balaban J connectivity index is 2.09. The smallest absolute Gasteiger partial charge is 0.489 e. The van der Waals surface area contributed by atoms with Gasteiger partial charge in [-0.05, 0) is 29.8 Å². The van der Waals surface area contributed by atoms with Crippen molar-refractivity contribution in [2.24, 2.45) is 0 Å². The first kappa shape index (κ1) is 13.9. The van der Waals surface area contributed by atoms with E-state index in [9.17, 15) is 12.9 Å². The van der Waals surface area contributed by atoms with E-state index in [1.54, 1.807) is 6.07 Å². The Bertz CT molecular complexity index is 653. The zero-order chi connectivity index (χ0) is 14.6. The van der Waals surface area contributed by atoms with Gasteiger partial charge in [-0.1, -0.05) is 12.1 Å². The molecule has 0 atom stereocenters. The number of ether oxygens (including phenoxy) is 1. The Morgan fingerprint density at radius 3 is 2.70 bits per heavy atom. The largest absolute Gasteiger partial charge is 0.509 e. The highest BCUT2D eigenvalue weighted by molar-refractivity contribution is 6.73. The van der Waals surface area contributed by atoms with Crippen molar-refractivity contribution in [1.29, 1.82) is 5.26 Å². The van der Waals surface area contributed by atoms with Crippen LogP contribution in [0.3, 0.4) is 0 Å². The number of aromatic nitrogens is 1. The molecule has 1 heterocycles. The molecule has 0 saturated carbocycles. The molecule has 0 fully saturated rings. The zero-order valence-corrected chi connectivity index (χ0v) is 10.3. The average molecular weight is 277 g/mol. The fraction of sp³-hybridized carbons (Fsp3) is 0.0769. The van der Waals surface area contributed by atoms with Crippen LogP contribution in [0.25, 0.3) is 0 Å². The summed E-state index contributed by atoms with van der Waals surface area (Å²) in [5, 5.41) is 8.70. The first-order chi connectivity index (χ1) is 9.49. The lowest BCUT2D eigenvalue weighted by atomic mass is 9.80. The average Bonchev–Trinajstić information content (AvgIpc) is 2.45. The van der Waals surface area contributed by atoms with Crippen LogP contribution in [-0.4, -0.2) is 12.0 Å². The number of rotatable bonds is 4. The van der Waals surface area contributed by atoms with Gasteiger partial charge in [0.2, 0.25) is 0 Å². The summed E-state index contributed by atoms with van der Waals surface area (Å²) in [5.74, 6) is 0.136. The summed E-state index contributed by atoms with van der Waals surface area (Å²) < 4.78 is 43.1. The third kappa shape index (κ3) is 3.51. The highest BCUT2D eigenvalue weighted by atomic mass is 19.4. The van der Waals surface area contributed by atoms with Crippen molar-refractivity contribution >= 4 is 12.4 Å².